The van der Waals surface area contributed by atoms with Crippen LogP contribution in [0.15, 0.2) is 12.2 Å². The molecule has 0 aromatic carbocycles. The number of ether oxygens (including phenoxy) is 1. The van der Waals surface area contributed by atoms with Crippen molar-refractivity contribution in [1.82, 2.24) is 0 Å². The fourth-order valence-corrected chi connectivity index (χ4v) is 6.32. The van der Waals surface area contributed by atoms with Gasteiger partial charge in [-0.25, -0.2) is 4.79 Å². The van der Waals surface area contributed by atoms with Crippen LogP contribution in [0, 0.1) is 23.7 Å². The fraction of sp³-hybridized carbons (Fsp3) is 0.571. The Kier molecular flexibility index (Phi) is 5.27. The maximum absolute atomic E-state index is 13.1. The fourth-order valence-electron chi connectivity index (χ4n) is 5.04. The molecule has 150 valence electrons. The van der Waals surface area contributed by atoms with E-state index in [2.05, 4.69) is 5.32 Å². The van der Waals surface area contributed by atoms with E-state index in [1.165, 1.54) is 24.9 Å². The molecule has 7 heteroatoms. The zero-order valence-corrected chi connectivity index (χ0v) is 16.7. The molecule has 2 bridgehead atoms. The third-order valence-electron chi connectivity index (χ3n) is 6.34. The van der Waals surface area contributed by atoms with Gasteiger partial charge in [-0.15, -0.1) is 11.3 Å². The van der Waals surface area contributed by atoms with Gasteiger partial charge in [0.2, 0.25) is 5.91 Å². The summed E-state index contributed by atoms with van der Waals surface area (Å²) in [5.74, 6) is -3.08. The Hall–Kier alpha value is -2.15. The molecule has 6 nitrogen and oxygen atoms in total. The number of carbonyl (C=O) groups excluding carboxylic acids is 2. The molecule has 0 radical (unpaired) electrons. The molecule has 0 unspecified atom stereocenters. The monoisotopic (exact) mass is 403 g/mol. The summed E-state index contributed by atoms with van der Waals surface area (Å²) in [6.07, 6.45) is 10.7. The largest absolute Gasteiger partial charge is 0.481 e. The topological polar surface area (TPSA) is 92.7 Å². The second-order valence-corrected chi connectivity index (χ2v) is 9.05. The van der Waals surface area contributed by atoms with Crippen molar-refractivity contribution in [2.24, 2.45) is 23.7 Å². The standard InChI is InChI=1S/C21H25NO5S/c1-27-21(26)17-13-6-4-2-3-5-7-14(13)28-19(17)22-18(23)15-11-8-9-12(10-11)16(15)20(24)25/h8-9,11-12,15-16H,2-7,10H2,1H3,(H,22,23)(H,24,25)/t11-,12+,15-,16+/m1/s1. The van der Waals surface area contributed by atoms with E-state index < -0.39 is 23.8 Å². The predicted octanol–water partition coefficient (Wildman–Crippen LogP) is 3.66. The number of hydrogen-bond donors (Lipinski definition) is 2. The van der Waals surface area contributed by atoms with Crippen molar-refractivity contribution in [3.05, 3.63) is 28.2 Å². The number of carboxylic acid groups (broad SMARTS) is 1. The predicted molar refractivity (Wildman–Crippen MR) is 106 cm³/mol. The van der Waals surface area contributed by atoms with E-state index in [9.17, 15) is 19.5 Å². The van der Waals surface area contributed by atoms with Gasteiger partial charge in [0.15, 0.2) is 0 Å². The molecule has 28 heavy (non-hydrogen) atoms. The summed E-state index contributed by atoms with van der Waals surface area (Å²) < 4.78 is 5.00. The molecule has 0 spiro atoms. The van der Waals surface area contributed by atoms with Crippen molar-refractivity contribution in [2.45, 2.75) is 44.9 Å². The minimum Gasteiger partial charge on any atom is -0.481 e. The highest BCUT2D eigenvalue weighted by atomic mass is 32.1. The molecular weight excluding hydrogens is 378 g/mol. The Morgan fingerprint density at radius 1 is 1.07 bits per heavy atom. The zero-order valence-electron chi connectivity index (χ0n) is 15.9. The maximum atomic E-state index is 13.1. The van der Waals surface area contributed by atoms with Gasteiger partial charge in [0.1, 0.15) is 5.00 Å². The molecular formula is C21H25NO5S. The van der Waals surface area contributed by atoms with Crippen LogP contribution in [0.5, 0.6) is 0 Å². The second-order valence-electron chi connectivity index (χ2n) is 7.94. The number of anilines is 1. The van der Waals surface area contributed by atoms with E-state index in [0.29, 0.717) is 17.0 Å². The number of amides is 1. The summed E-state index contributed by atoms with van der Waals surface area (Å²) in [6.45, 7) is 0. The Bertz CT molecular complexity index is 842. The first-order valence-corrected chi connectivity index (χ1v) is 10.8. The van der Waals surface area contributed by atoms with Gasteiger partial charge >= 0.3 is 11.9 Å². The smallest absolute Gasteiger partial charge is 0.341 e. The van der Waals surface area contributed by atoms with Crippen LogP contribution in [0.1, 0.15) is 52.9 Å². The molecule has 0 saturated heterocycles. The van der Waals surface area contributed by atoms with Crippen LogP contribution in [0.25, 0.3) is 0 Å². The highest BCUT2D eigenvalue weighted by Gasteiger charge is 2.51. The Morgan fingerprint density at radius 2 is 1.75 bits per heavy atom. The van der Waals surface area contributed by atoms with Gasteiger partial charge in [-0.2, -0.15) is 0 Å². The van der Waals surface area contributed by atoms with Gasteiger partial charge in [0.05, 0.1) is 24.5 Å². The number of rotatable bonds is 4. The first-order valence-electron chi connectivity index (χ1n) is 9.96. The quantitative estimate of drug-likeness (QED) is 0.591. The molecule has 4 rings (SSSR count). The second kappa shape index (κ2) is 7.70. The number of esters is 1. The number of aliphatic carboxylic acids is 1. The average Bonchev–Trinajstić information content (AvgIpc) is 3.34. The third-order valence-corrected chi connectivity index (χ3v) is 7.55. The summed E-state index contributed by atoms with van der Waals surface area (Å²) in [7, 11) is 1.35. The Labute approximate surface area is 168 Å². The first kappa shape index (κ1) is 19.2. The summed E-state index contributed by atoms with van der Waals surface area (Å²) in [5, 5.41) is 13.0. The van der Waals surface area contributed by atoms with Crippen molar-refractivity contribution in [1.29, 1.82) is 0 Å². The number of thiophene rings is 1. The Balaban J connectivity index is 1.64. The van der Waals surface area contributed by atoms with Gasteiger partial charge in [-0.3, -0.25) is 9.59 Å². The molecule has 1 saturated carbocycles. The van der Waals surface area contributed by atoms with Crippen LogP contribution in [-0.2, 0) is 27.2 Å². The van der Waals surface area contributed by atoms with Crippen molar-refractivity contribution in [2.75, 3.05) is 12.4 Å². The number of fused-ring (bicyclic) bond motifs is 3. The van der Waals surface area contributed by atoms with E-state index in [-0.39, 0.29) is 17.7 Å². The van der Waals surface area contributed by atoms with E-state index in [1.807, 2.05) is 12.2 Å². The molecule has 3 aliphatic carbocycles. The number of hydrogen-bond acceptors (Lipinski definition) is 5. The van der Waals surface area contributed by atoms with E-state index in [4.69, 9.17) is 4.74 Å². The molecule has 1 heterocycles. The van der Waals surface area contributed by atoms with Gasteiger partial charge in [0.25, 0.3) is 0 Å². The minimum absolute atomic E-state index is 0.0475. The molecule has 2 N–H and O–H groups in total. The molecule has 4 atom stereocenters. The molecule has 3 aliphatic rings. The number of aryl methyl sites for hydroxylation is 1. The van der Waals surface area contributed by atoms with Crippen LogP contribution in [0.2, 0.25) is 0 Å². The van der Waals surface area contributed by atoms with E-state index in [1.54, 1.807) is 0 Å². The third kappa shape index (κ3) is 3.26. The van der Waals surface area contributed by atoms with Crippen LogP contribution in [0.4, 0.5) is 5.00 Å². The first-order chi connectivity index (χ1) is 13.5. The SMILES string of the molecule is COC(=O)c1c(NC(=O)[C@H]2[C@@H](C(=O)O)[C@H]3C=C[C@@H]2C3)sc2c1CCCCCC2. The van der Waals surface area contributed by atoms with Crippen LogP contribution >= 0.6 is 11.3 Å². The molecule has 0 aliphatic heterocycles. The zero-order chi connectivity index (χ0) is 19.8. The van der Waals surface area contributed by atoms with Gasteiger partial charge in [-0.05, 0) is 49.5 Å². The normalized spacial score (nSPS) is 28.3. The van der Waals surface area contributed by atoms with E-state index in [0.717, 1.165) is 42.5 Å². The maximum Gasteiger partial charge on any atom is 0.341 e. The summed E-state index contributed by atoms with van der Waals surface area (Å²) >= 11 is 1.45. The summed E-state index contributed by atoms with van der Waals surface area (Å²) in [4.78, 5) is 38.4. The van der Waals surface area contributed by atoms with Gasteiger partial charge < -0.3 is 15.2 Å². The summed E-state index contributed by atoms with van der Waals surface area (Å²) in [5.41, 5.74) is 1.46. The highest BCUT2D eigenvalue weighted by Crippen LogP contribution is 2.49. The van der Waals surface area contributed by atoms with Crippen molar-refractivity contribution in [3.8, 4) is 0 Å². The summed E-state index contributed by atoms with van der Waals surface area (Å²) in [6, 6.07) is 0. The number of carbonyl (C=O) groups is 3. The van der Waals surface area contributed by atoms with Crippen LogP contribution < -0.4 is 5.32 Å². The van der Waals surface area contributed by atoms with Crippen molar-refractivity contribution in [3.63, 3.8) is 0 Å². The molecule has 1 aromatic heterocycles. The lowest BCUT2D eigenvalue weighted by molar-refractivity contribution is -0.146. The lowest BCUT2D eigenvalue weighted by Gasteiger charge is -2.23. The highest BCUT2D eigenvalue weighted by molar-refractivity contribution is 7.17. The number of methoxy groups -OCH3 is 1. The van der Waals surface area contributed by atoms with Gasteiger partial charge in [-0.1, -0.05) is 25.0 Å². The number of nitrogens with one attached hydrogen (secondary N) is 1. The molecule has 1 amide bonds. The average molecular weight is 404 g/mol. The molecule has 1 fully saturated rings. The van der Waals surface area contributed by atoms with Crippen LogP contribution in [0.3, 0.4) is 0 Å². The van der Waals surface area contributed by atoms with Gasteiger partial charge in [0, 0.05) is 4.88 Å². The Morgan fingerprint density at radius 3 is 2.43 bits per heavy atom. The van der Waals surface area contributed by atoms with Crippen molar-refractivity contribution >= 4 is 34.2 Å². The molecule has 1 aromatic rings. The number of allylic oxidation sites excluding steroid dienone is 2. The van der Waals surface area contributed by atoms with Crippen molar-refractivity contribution < 1.29 is 24.2 Å². The van der Waals surface area contributed by atoms with Crippen LogP contribution in [-0.4, -0.2) is 30.1 Å². The number of carboxylic acids is 1. The lowest BCUT2D eigenvalue weighted by atomic mass is 9.82. The van der Waals surface area contributed by atoms with E-state index >= 15 is 0 Å². The minimum atomic E-state index is -0.927. The lowest BCUT2D eigenvalue weighted by Crippen LogP contribution is -2.36.